The minimum atomic E-state index is -0.885. The van der Waals surface area contributed by atoms with Gasteiger partial charge in [0.25, 0.3) is 5.56 Å². The van der Waals surface area contributed by atoms with E-state index < -0.39 is 23.2 Å². The van der Waals surface area contributed by atoms with Gasteiger partial charge in [-0.3, -0.25) is 9.59 Å². The molecule has 0 radical (unpaired) electrons. The second kappa shape index (κ2) is 7.27. The number of ketones is 1. The Morgan fingerprint density at radius 3 is 2.81 bits per heavy atom. The lowest BCUT2D eigenvalue weighted by Gasteiger charge is -2.01. The Morgan fingerprint density at radius 2 is 2.15 bits per heavy atom. The van der Waals surface area contributed by atoms with Gasteiger partial charge in [-0.15, -0.1) is 0 Å². The normalized spacial score (nSPS) is 10.7. The zero-order chi connectivity index (χ0) is 18.7. The van der Waals surface area contributed by atoms with Crippen molar-refractivity contribution in [3.8, 4) is 23.3 Å². The van der Waals surface area contributed by atoms with Gasteiger partial charge < -0.3 is 24.5 Å². The molecule has 0 spiro atoms. The quantitative estimate of drug-likeness (QED) is 0.258. The minimum Gasteiger partial charge on any atom is -0.539 e. The number of aromatic hydroxyl groups is 1. The molecule has 1 aromatic carbocycles. The van der Waals surface area contributed by atoms with E-state index in [-0.39, 0.29) is 16.6 Å². The van der Waals surface area contributed by atoms with Crippen LogP contribution in [0.2, 0.25) is 0 Å². The van der Waals surface area contributed by atoms with Crippen molar-refractivity contribution in [3.05, 3.63) is 46.4 Å². The summed E-state index contributed by atoms with van der Waals surface area (Å²) in [7, 11) is 1.51. The Labute approximate surface area is 150 Å². The van der Waals surface area contributed by atoms with Crippen LogP contribution in [0.3, 0.4) is 0 Å². The van der Waals surface area contributed by atoms with Crippen LogP contribution < -0.4 is 20.1 Å². The van der Waals surface area contributed by atoms with Crippen LogP contribution in [0, 0.1) is 0 Å². The van der Waals surface area contributed by atoms with Gasteiger partial charge in [0.1, 0.15) is 5.75 Å². The number of benzene rings is 1. The van der Waals surface area contributed by atoms with Gasteiger partial charge in [-0.1, -0.05) is 11.8 Å². The first-order chi connectivity index (χ1) is 12.5. The molecule has 3 aromatic rings. The lowest BCUT2D eigenvalue weighted by Crippen LogP contribution is -2.39. The van der Waals surface area contributed by atoms with Crippen LogP contribution in [0.5, 0.6) is 17.6 Å². The first-order valence-corrected chi connectivity index (χ1v) is 8.16. The lowest BCUT2D eigenvalue weighted by molar-refractivity contribution is -0.672. The maximum Gasteiger partial charge on any atom is 0.307 e. The number of Topliss-reactive ketones (excluding diaryl/α,β-unsaturated/α-hetero) is 1. The molecule has 0 aliphatic rings. The van der Waals surface area contributed by atoms with Gasteiger partial charge in [-0.2, -0.15) is 4.98 Å². The highest BCUT2D eigenvalue weighted by Gasteiger charge is 2.27. The van der Waals surface area contributed by atoms with E-state index in [0.29, 0.717) is 11.4 Å². The van der Waals surface area contributed by atoms with Gasteiger partial charge >= 0.3 is 5.69 Å². The molecule has 2 heterocycles. The fourth-order valence-corrected chi connectivity index (χ4v) is 2.81. The van der Waals surface area contributed by atoms with Crippen molar-refractivity contribution in [3.63, 3.8) is 0 Å². The first kappa shape index (κ1) is 17.5. The minimum absolute atomic E-state index is 0.0447. The average molecular weight is 376 g/mol. The molecular formula is C15H12N4O6S. The highest BCUT2D eigenvalue weighted by molar-refractivity contribution is 7.99. The van der Waals surface area contributed by atoms with E-state index in [0.717, 1.165) is 22.5 Å². The molecule has 26 heavy (non-hydrogen) atoms. The molecule has 0 amide bonds. The van der Waals surface area contributed by atoms with Crippen LogP contribution in [0.4, 0.5) is 0 Å². The number of carbonyl (C=O) groups excluding carboxylic acids is 1. The van der Waals surface area contributed by atoms with Crippen LogP contribution in [0.25, 0.3) is 5.69 Å². The molecule has 0 saturated carbocycles. The Morgan fingerprint density at radius 1 is 1.42 bits per heavy atom. The van der Waals surface area contributed by atoms with Gasteiger partial charge in [0.2, 0.25) is 17.4 Å². The number of methoxy groups -OCH3 is 1. The third kappa shape index (κ3) is 3.67. The van der Waals surface area contributed by atoms with Crippen molar-refractivity contribution in [2.45, 2.75) is 5.16 Å². The van der Waals surface area contributed by atoms with Crippen molar-refractivity contribution >= 4 is 17.5 Å². The van der Waals surface area contributed by atoms with E-state index in [2.05, 4.69) is 19.8 Å². The van der Waals surface area contributed by atoms with Crippen molar-refractivity contribution < 1.29 is 28.9 Å². The summed E-state index contributed by atoms with van der Waals surface area (Å²) in [4.78, 5) is 29.8. The number of hydrogen-bond donors (Lipinski definition) is 2. The number of ether oxygens (including phenoxy) is 1. The van der Waals surface area contributed by atoms with Crippen LogP contribution in [-0.4, -0.2) is 39.0 Å². The van der Waals surface area contributed by atoms with Gasteiger partial charge in [0, 0.05) is 12.1 Å². The number of thioether (sulfide) groups is 1. The van der Waals surface area contributed by atoms with E-state index >= 15 is 0 Å². The molecule has 0 saturated heterocycles. The van der Waals surface area contributed by atoms with Crippen LogP contribution >= 0.6 is 11.8 Å². The standard InChI is InChI=1S/C15H12N4O6S/c1-24-9-4-2-8(3-5-9)19-13(14(23)25-18-19)10(20)7-26-15-16-11(21)6-12(22)17-15/h2-6H,7H2,1H3,(H2-,16,17,18,20,21,22,23). The molecule has 10 nitrogen and oxygen atoms in total. The Bertz CT molecular complexity index is 998. The summed E-state index contributed by atoms with van der Waals surface area (Å²) in [5.41, 5.74) is -0.394. The number of aromatic amines is 1. The number of aromatic nitrogens is 4. The molecule has 11 heteroatoms. The first-order valence-electron chi connectivity index (χ1n) is 7.17. The molecule has 2 N–H and O–H groups in total. The number of H-pyrrole nitrogens is 1. The van der Waals surface area contributed by atoms with Crippen molar-refractivity contribution in [1.82, 2.24) is 15.2 Å². The Kier molecular flexibility index (Phi) is 4.89. The molecule has 2 aromatic heterocycles. The number of nitrogens with one attached hydrogen (secondary N) is 1. The van der Waals surface area contributed by atoms with Crippen LogP contribution in [0.1, 0.15) is 10.5 Å². The van der Waals surface area contributed by atoms with E-state index in [4.69, 9.17) is 4.74 Å². The summed E-state index contributed by atoms with van der Waals surface area (Å²) in [6.45, 7) is 0. The Balaban J connectivity index is 1.83. The number of nitrogens with zero attached hydrogens (tertiary/aromatic N) is 3. The summed E-state index contributed by atoms with van der Waals surface area (Å²) in [5, 5.41) is 24.8. The van der Waals surface area contributed by atoms with Crippen LogP contribution in [0.15, 0.2) is 44.8 Å². The molecular weight excluding hydrogens is 364 g/mol. The van der Waals surface area contributed by atoms with E-state index in [1.807, 2.05) is 0 Å². The maximum absolute atomic E-state index is 12.4. The zero-order valence-corrected chi connectivity index (χ0v) is 14.1. The molecule has 0 aliphatic carbocycles. The Hall–Kier alpha value is -3.34. The molecule has 3 rings (SSSR count). The van der Waals surface area contributed by atoms with Gasteiger partial charge in [0.05, 0.1) is 24.2 Å². The smallest absolute Gasteiger partial charge is 0.307 e. The molecule has 0 unspecified atom stereocenters. The second-order valence-electron chi connectivity index (χ2n) is 4.94. The molecule has 0 aliphatic heterocycles. The van der Waals surface area contributed by atoms with Gasteiger partial charge in [-0.05, 0) is 16.8 Å². The fourth-order valence-electron chi connectivity index (χ4n) is 2.07. The number of rotatable bonds is 6. The molecule has 134 valence electrons. The molecule has 0 fully saturated rings. The highest BCUT2D eigenvalue weighted by atomic mass is 32.2. The molecule has 0 atom stereocenters. The van der Waals surface area contributed by atoms with Crippen molar-refractivity contribution in [2.75, 3.05) is 12.9 Å². The van der Waals surface area contributed by atoms with Crippen molar-refractivity contribution in [2.24, 2.45) is 0 Å². The maximum atomic E-state index is 12.4. The summed E-state index contributed by atoms with van der Waals surface area (Å²) in [6.07, 6.45) is 0. The zero-order valence-electron chi connectivity index (χ0n) is 13.3. The molecule has 0 bridgehead atoms. The highest BCUT2D eigenvalue weighted by Crippen LogP contribution is 2.19. The fraction of sp³-hybridized carbons (Fsp3) is 0.133. The predicted molar refractivity (Wildman–Crippen MR) is 85.6 cm³/mol. The third-order valence-electron chi connectivity index (χ3n) is 3.24. The summed E-state index contributed by atoms with van der Waals surface area (Å²) in [6, 6.07) is 7.41. The van der Waals surface area contributed by atoms with E-state index in [1.165, 1.54) is 7.11 Å². The monoisotopic (exact) mass is 376 g/mol. The SMILES string of the molecule is COc1ccc(-[n+]2noc([O-])c2C(=O)CSc2nc(O)cc(=O)[nH]2)cc1. The van der Waals surface area contributed by atoms with Crippen molar-refractivity contribution in [1.29, 1.82) is 0 Å². The topological polar surface area (TPSA) is 145 Å². The van der Waals surface area contributed by atoms with Crippen LogP contribution in [-0.2, 0) is 0 Å². The summed E-state index contributed by atoms with van der Waals surface area (Å²) in [5.74, 6) is -1.56. The summed E-state index contributed by atoms with van der Waals surface area (Å²) < 4.78 is 10.7. The third-order valence-corrected chi connectivity index (χ3v) is 4.11. The van der Waals surface area contributed by atoms with E-state index in [1.54, 1.807) is 24.3 Å². The lowest BCUT2D eigenvalue weighted by atomic mass is 10.2. The summed E-state index contributed by atoms with van der Waals surface area (Å²) >= 11 is 0.856. The largest absolute Gasteiger partial charge is 0.539 e. The number of hydrogen-bond acceptors (Lipinski definition) is 9. The average Bonchev–Trinajstić information content (AvgIpc) is 3.00. The predicted octanol–water partition coefficient (Wildman–Crippen LogP) is -0.203. The van der Waals surface area contributed by atoms with Gasteiger partial charge in [0.15, 0.2) is 11.1 Å². The van der Waals surface area contributed by atoms with Gasteiger partial charge in [-0.25, -0.2) is 0 Å². The number of carbonyl (C=O) groups is 1. The van der Waals surface area contributed by atoms with E-state index in [9.17, 15) is 19.8 Å². The second-order valence-corrected chi connectivity index (χ2v) is 5.90.